The van der Waals surface area contributed by atoms with Crippen LogP contribution in [0.5, 0.6) is 0 Å². The van der Waals surface area contributed by atoms with Crippen molar-refractivity contribution in [1.82, 2.24) is 5.32 Å². The Bertz CT molecular complexity index is 371. The molecule has 0 aliphatic rings. The average Bonchev–Trinajstić information content (AvgIpc) is 2.25. The number of amides is 1. The molecule has 0 aliphatic heterocycles. The number of carbonyl (C=O) groups excluding carboxylic acids is 1. The summed E-state index contributed by atoms with van der Waals surface area (Å²) < 4.78 is 0.931. The number of nitrogens with two attached hydrogens (primary N) is 1. The average molecular weight is 303 g/mol. The van der Waals surface area contributed by atoms with E-state index in [4.69, 9.17) is 5.73 Å². The van der Waals surface area contributed by atoms with Crippen molar-refractivity contribution in [2.24, 2.45) is 0 Å². The van der Waals surface area contributed by atoms with Crippen LogP contribution >= 0.6 is 27.7 Å². The SMILES string of the molecule is CCCNC(=O)CSc1ccc(N)cc1Br. The third kappa shape index (κ3) is 4.45. The summed E-state index contributed by atoms with van der Waals surface area (Å²) >= 11 is 4.92. The van der Waals surface area contributed by atoms with E-state index in [0.717, 1.165) is 22.3 Å². The summed E-state index contributed by atoms with van der Waals surface area (Å²) in [5.74, 6) is 0.498. The molecule has 0 spiro atoms. The Kier molecular flexibility index (Phi) is 5.69. The van der Waals surface area contributed by atoms with Gasteiger partial charge in [-0.25, -0.2) is 0 Å². The summed E-state index contributed by atoms with van der Waals surface area (Å²) in [5.41, 5.74) is 6.35. The molecule has 0 saturated carbocycles. The molecule has 0 bridgehead atoms. The van der Waals surface area contributed by atoms with E-state index in [1.54, 1.807) is 0 Å². The van der Waals surface area contributed by atoms with E-state index in [2.05, 4.69) is 21.2 Å². The van der Waals surface area contributed by atoms with Crippen molar-refractivity contribution in [3.05, 3.63) is 22.7 Å². The molecule has 3 nitrogen and oxygen atoms in total. The molecule has 88 valence electrons. The normalized spacial score (nSPS) is 10.1. The highest BCUT2D eigenvalue weighted by molar-refractivity contribution is 9.10. The molecule has 5 heteroatoms. The number of carbonyl (C=O) groups is 1. The standard InChI is InChI=1S/C11H15BrN2OS/c1-2-5-14-11(15)7-16-10-4-3-8(13)6-9(10)12/h3-4,6H,2,5,7,13H2,1H3,(H,14,15). The zero-order valence-electron chi connectivity index (χ0n) is 9.13. The molecule has 16 heavy (non-hydrogen) atoms. The number of nitrogen functional groups attached to an aromatic ring is 1. The molecule has 0 aromatic heterocycles. The summed E-state index contributed by atoms with van der Waals surface area (Å²) in [7, 11) is 0. The highest BCUT2D eigenvalue weighted by Crippen LogP contribution is 2.28. The lowest BCUT2D eigenvalue weighted by molar-refractivity contribution is -0.118. The first-order valence-corrected chi connectivity index (χ1v) is 6.86. The van der Waals surface area contributed by atoms with E-state index >= 15 is 0 Å². The smallest absolute Gasteiger partial charge is 0.230 e. The van der Waals surface area contributed by atoms with Gasteiger partial charge in [0.2, 0.25) is 5.91 Å². The maximum atomic E-state index is 11.4. The Morgan fingerprint density at radius 1 is 1.56 bits per heavy atom. The Balaban J connectivity index is 2.45. The number of hydrogen-bond acceptors (Lipinski definition) is 3. The van der Waals surface area contributed by atoms with Gasteiger partial charge in [0.15, 0.2) is 0 Å². The molecule has 0 radical (unpaired) electrons. The summed E-state index contributed by atoms with van der Waals surface area (Å²) in [6.45, 7) is 2.77. The predicted octanol–water partition coefficient (Wildman–Crippen LogP) is 2.65. The monoisotopic (exact) mass is 302 g/mol. The summed E-state index contributed by atoms with van der Waals surface area (Å²) in [6, 6.07) is 5.58. The minimum absolute atomic E-state index is 0.0653. The van der Waals surface area contributed by atoms with E-state index in [9.17, 15) is 4.79 Å². The van der Waals surface area contributed by atoms with Gasteiger partial charge in [0.1, 0.15) is 0 Å². The molecule has 1 aromatic carbocycles. The maximum Gasteiger partial charge on any atom is 0.230 e. The second-order valence-corrected chi connectivity index (χ2v) is 5.20. The van der Waals surface area contributed by atoms with Gasteiger partial charge in [0.05, 0.1) is 5.75 Å². The second-order valence-electron chi connectivity index (χ2n) is 3.33. The van der Waals surface area contributed by atoms with Crippen LogP contribution in [0.1, 0.15) is 13.3 Å². The molecule has 0 unspecified atom stereocenters. The molecular formula is C11H15BrN2OS. The Morgan fingerprint density at radius 3 is 2.94 bits per heavy atom. The fourth-order valence-corrected chi connectivity index (χ4v) is 2.58. The highest BCUT2D eigenvalue weighted by Gasteiger charge is 2.05. The third-order valence-electron chi connectivity index (χ3n) is 1.89. The number of rotatable bonds is 5. The van der Waals surface area contributed by atoms with Crippen LogP contribution in [0.2, 0.25) is 0 Å². The van der Waals surface area contributed by atoms with Gasteiger partial charge in [-0.1, -0.05) is 6.92 Å². The van der Waals surface area contributed by atoms with Gasteiger partial charge in [-0.3, -0.25) is 4.79 Å². The largest absolute Gasteiger partial charge is 0.399 e. The van der Waals surface area contributed by atoms with Gasteiger partial charge in [-0.15, -0.1) is 11.8 Å². The van der Waals surface area contributed by atoms with E-state index in [-0.39, 0.29) is 5.91 Å². The minimum atomic E-state index is 0.0653. The third-order valence-corrected chi connectivity index (χ3v) is 3.88. The fourth-order valence-electron chi connectivity index (χ4n) is 1.09. The van der Waals surface area contributed by atoms with Crippen molar-refractivity contribution in [1.29, 1.82) is 0 Å². The van der Waals surface area contributed by atoms with E-state index < -0.39 is 0 Å². The van der Waals surface area contributed by atoms with Crippen LogP contribution in [0.15, 0.2) is 27.6 Å². The molecule has 0 heterocycles. The Morgan fingerprint density at radius 2 is 2.31 bits per heavy atom. The van der Waals surface area contributed by atoms with Gasteiger partial charge in [0.25, 0.3) is 0 Å². The molecule has 3 N–H and O–H groups in total. The number of nitrogens with one attached hydrogen (secondary N) is 1. The Hall–Kier alpha value is -0.680. The van der Waals surface area contributed by atoms with Crippen LogP contribution in [-0.2, 0) is 4.79 Å². The highest BCUT2D eigenvalue weighted by atomic mass is 79.9. The summed E-state index contributed by atoms with van der Waals surface area (Å²) in [4.78, 5) is 12.4. The van der Waals surface area contributed by atoms with Crippen molar-refractivity contribution in [2.45, 2.75) is 18.2 Å². The molecular weight excluding hydrogens is 288 g/mol. The van der Waals surface area contributed by atoms with Gasteiger partial charge in [0, 0.05) is 21.6 Å². The number of halogens is 1. The van der Waals surface area contributed by atoms with Gasteiger partial charge < -0.3 is 11.1 Å². The van der Waals surface area contributed by atoms with E-state index in [1.165, 1.54) is 11.8 Å². The lowest BCUT2D eigenvalue weighted by Gasteiger charge is -2.05. The van der Waals surface area contributed by atoms with Crippen LogP contribution in [-0.4, -0.2) is 18.2 Å². The lowest BCUT2D eigenvalue weighted by Crippen LogP contribution is -2.25. The van der Waals surface area contributed by atoms with Gasteiger partial charge in [-0.05, 0) is 40.5 Å². The lowest BCUT2D eigenvalue weighted by atomic mass is 10.3. The topological polar surface area (TPSA) is 55.1 Å². The van der Waals surface area contributed by atoms with Crippen LogP contribution in [0, 0.1) is 0 Å². The first-order valence-electron chi connectivity index (χ1n) is 5.08. The Labute approximate surface area is 108 Å². The van der Waals surface area contributed by atoms with E-state index in [1.807, 2.05) is 25.1 Å². The van der Waals surface area contributed by atoms with Crippen LogP contribution < -0.4 is 11.1 Å². The van der Waals surface area contributed by atoms with Gasteiger partial charge in [-0.2, -0.15) is 0 Å². The number of anilines is 1. The number of thioether (sulfide) groups is 1. The van der Waals surface area contributed by atoms with Crippen molar-refractivity contribution in [3.63, 3.8) is 0 Å². The van der Waals surface area contributed by atoms with Crippen molar-refractivity contribution in [2.75, 3.05) is 18.0 Å². The van der Waals surface area contributed by atoms with Crippen molar-refractivity contribution >= 4 is 39.3 Å². The predicted molar refractivity (Wildman–Crippen MR) is 72.6 cm³/mol. The number of hydrogen-bond donors (Lipinski definition) is 2. The molecule has 0 atom stereocenters. The summed E-state index contributed by atoms with van der Waals surface area (Å²) in [5, 5.41) is 2.83. The second kappa shape index (κ2) is 6.81. The van der Waals surface area contributed by atoms with Crippen molar-refractivity contribution in [3.8, 4) is 0 Å². The van der Waals surface area contributed by atoms with Crippen LogP contribution in [0.4, 0.5) is 5.69 Å². The zero-order chi connectivity index (χ0) is 12.0. The fraction of sp³-hybridized carbons (Fsp3) is 0.364. The molecule has 1 aromatic rings. The minimum Gasteiger partial charge on any atom is -0.399 e. The first-order chi connectivity index (χ1) is 7.63. The molecule has 1 amide bonds. The zero-order valence-corrected chi connectivity index (χ0v) is 11.5. The maximum absolute atomic E-state index is 11.4. The van der Waals surface area contributed by atoms with Crippen LogP contribution in [0.25, 0.3) is 0 Å². The van der Waals surface area contributed by atoms with Crippen LogP contribution in [0.3, 0.4) is 0 Å². The van der Waals surface area contributed by atoms with Crippen molar-refractivity contribution < 1.29 is 4.79 Å². The number of benzene rings is 1. The van der Waals surface area contributed by atoms with E-state index in [0.29, 0.717) is 11.4 Å². The molecule has 1 rings (SSSR count). The molecule has 0 fully saturated rings. The first kappa shape index (κ1) is 13.4. The quantitative estimate of drug-likeness (QED) is 0.649. The molecule has 0 aliphatic carbocycles. The molecule has 0 saturated heterocycles. The summed E-state index contributed by atoms with van der Waals surface area (Å²) in [6.07, 6.45) is 0.960. The van der Waals surface area contributed by atoms with Gasteiger partial charge >= 0.3 is 0 Å².